The molecule has 1 saturated heterocycles. The first-order chi connectivity index (χ1) is 10.7. The molecule has 0 saturated carbocycles. The lowest BCUT2D eigenvalue weighted by molar-refractivity contribution is 0.0684. The third-order valence-corrected chi connectivity index (χ3v) is 4.14. The van der Waals surface area contributed by atoms with E-state index in [1.807, 2.05) is 24.3 Å². The van der Waals surface area contributed by atoms with Crippen LogP contribution in [0.4, 0.5) is 0 Å². The predicted octanol–water partition coefficient (Wildman–Crippen LogP) is 1.98. The van der Waals surface area contributed by atoms with Gasteiger partial charge in [-0.1, -0.05) is 28.1 Å². The zero-order chi connectivity index (χ0) is 15.5. The third kappa shape index (κ3) is 3.21. The van der Waals surface area contributed by atoms with E-state index in [1.165, 1.54) is 0 Å². The number of aromatic nitrogens is 2. The van der Waals surface area contributed by atoms with Crippen LogP contribution in [0.15, 0.2) is 34.8 Å². The van der Waals surface area contributed by atoms with Crippen molar-refractivity contribution in [1.82, 2.24) is 15.5 Å². The predicted molar refractivity (Wildman–Crippen MR) is 84.6 cm³/mol. The Morgan fingerprint density at radius 2 is 2.18 bits per heavy atom. The van der Waals surface area contributed by atoms with Crippen molar-refractivity contribution < 1.29 is 14.3 Å². The van der Waals surface area contributed by atoms with Gasteiger partial charge in [0.1, 0.15) is 11.8 Å². The van der Waals surface area contributed by atoms with E-state index >= 15 is 0 Å². The minimum absolute atomic E-state index is 0.113. The molecule has 2 atom stereocenters. The number of H-pyrrole nitrogens is 1. The Bertz CT molecular complexity index is 656. The number of hydrogen-bond donors (Lipinski definition) is 2. The number of rotatable bonds is 4. The van der Waals surface area contributed by atoms with Crippen molar-refractivity contribution >= 4 is 21.8 Å². The van der Waals surface area contributed by atoms with Crippen LogP contribution in [0, 0.1) is 0 Å². The van der Waals surface area contributed by atoms with Crippen LogP contribution in [0.5, 0.6) is 0 Å². The molecule has 116 valence electrons. The highest BCUT2D eigenvalue weighted by Crippen LogP contribution is 2.20. The van der Waals surface area contributed by atoms with Gasteiger partial charge in [0, 0.05) is 17.1 Å². The zero-order valence-electron chi connectivity index (χ0n) is 12.0. The van der Waals surface area contributed by atoms with Crippen LogP contribution < -0.4 is 5.32 Å². The number of nitrogens with one attached hydrogen (secondary N) is 2. The number of nitrogens with zero attached hydrogens (tertiary/aromatic N) is 1. The Labute approximate surface area is 136 Å². The molecule has 1 aliphatic rings. The Hall–Kier alpha value is -1.70. The largest absolute Gasteiger partial charge is 0.377 e. The van der Waals surface area contributed by atoms with Crippen LogP contribution in [0.2, 0.25) is 0 Å². The van der Waals surface area contributed by atoms with Gasteiger partial charge in [-0.05, 0) is 18.2 Å². The van der Waals surface area contributed by atoms with Gasteiger partial charge < -0.3 is 14.8 Å². The van der Waals surface area contributed by atoms with E-state index in [0.717, 1.165) is 15.7 Å². The van der Waals surface area contributed by atoms with Crippen molar-refractivity contribution in [1.29, 1.82) is 0 Å². The minimum atomic E-state index is -0.214. The molecule has 3 rings (SSSR count). The average molecular weight is 366 g/mol. The summed E-state index contributed by atoms with van der Waals surface area (Å²) in [6.07, 6.45) is -0.113. The molecule has 1 amide bonds. The molecule has 1 aliphatic heterocycles. The molecule has 1 aromatic heterocycles. The van der Waals surface area contributed by atoms with Crippen molar-refractivity contribution in [3.8, 4) is 11.3 Å². The average Bonchev–Trinajstić information content (AvgIpc) is 3.16. The van der Waals surface area contributed by atoms with Gasteiger partial charge in [0.05, 0.1) is 24.9 Å². The van der Waals surface area contributed by atoms with Gasteiger partial charge in [-0.2, -0.15) is 5.10 Å². The lowest BCUT2D eigenvalue weighted by Gasteiger charge is -2.16. The van der Waals surface area contributed by atoms with Crippen LogP contribution in [0.25, 0.3) is 11.3 Å². The summed E-state index contributed by atoms with van der Waals surface area (Å²) in [7, 11) is 1.61. The molecule has 1 fully saturated rings. The highest BCUT2D eigenvalue weighted by atomic mass is 79.9. The van der Waals surface area contributed by atoms with Crippen LogP contribution >= 0.6 is 15.9 Å². The van der Waals surface area contributed by atoms with Crippen LogP contribution in [-0.2, 0) is 9.47 Å². The summed E-state index contributed by atoms with van der Waals surface area (Å²) >= 11 is 3.39. The van der Waals surface area contributed by atoms with Gasteiger partial charge in [-0.15, -0.1) is 0 Å². The molecule has 0 bridgehead atoms. The van der Waals surface area contributed by atoms with Gasteiger partial charge in [0.15, 0.2) is 0 Å². The number of aromatic amines is 1. The molecule has 0 spiro atoms. The summed E-state index contributed by atoms with van der Waals surface area (Å²) in [4.78, 5) is 12.3. The highest BCUT2D eigenvalue weighted by molar-refractivity contribution is 9.10. The fraction of sp³-hybridized carbons (Fsp3) is 0.333. The summed E-state index contributed by atoms with van der Waals surface area (Å²) in [5, 5.41) is 9.86. The normalized spacial score (nSPS) is 21.0. The Balaban J connectivity index is 1.70. The van der Waals surface area contributed by atoms with Gasteiger partial charge >= 0.3 is 0 Å². The summed E-state index contributed by atoms with van der Waals surface area (Å²) < 4.78 is 11.6. The van der Waals surface area contributed by atoms with Crippen molar-refractivity contribution in [2.45, 2.75) is 12.1 Å². The monoisotopic (exact) mass is 365 g/mol. The molecule has 2 aromatic rings. The molecule has 7 heteroatoms. The lowest BCUT2D eigenvalue weighted by Crippen LogP contribution is -2.43. The number of ether oxygens (including phenoxy) is 2. The highest BCUT2D eigenvalue weighted by Gasteiger charge is 2.30. The summed E-state index contributed by atoms with van der Waals surface area (Å²) in [5.41, 5.74) is 2.08. The van der Waals surface area contributed by atoms with Crippen molar-refractivity contribution in [2.24, 2.45) is 0 Å². The van der Waals surface area contributed by atoms with E-state index in [1.54, 1.807) is 13.2 Å². The Morgan fingerprint density at radius 1 is 1.41 bits per heavy atom. The van der Waals surface area contributed by atoms with Gasteiger partial charge in [0.2, 0.25) is 0 Å². The van der Waals surface area contributed by atoms with Crippen LogP contribution in [0.3, 0.4) is 0 Å². The Morgan fingerprint density at radius 3 is 2.91 bits per heavy atom. The SMILES string of the molecule is CO[C@@H]1COC[C@@H]1NC(=O)c1cc(-c2ccc(Br)cc2)n[nH]1. The molecule has 22 heavy (non-hydrogen) atoms. The standard InChI is InChI=1S/C15H16BrN3O3/c1-21-14-8-22-7-13(14)17-15(20)12-6-11(18-19-12)9-2-4-10(16)5-3-9/h2-6,13-14H,7-8H2,1H3,(H,17,20)(H,18,19)/t13-,14+/m0/s1. The molecule has 6 nitrogen and oxygen atoms in total. The second kappa shape index (κ2) is 6.60. The number of carbonyl (C=O) groups excluding carboxylic acids is 1. The van der Waals surface area contributed by atoms with E-state index in [-0.39, 0.29) is 18.1 Å². The smallest absolute Gasteiger partial charge is 0.269 e. The molecule has 2 heterocycles. The first-order valence-electron chi connectivity index (χ1n) is 6.90. The van der Waals surface area contributed by atoms with Crippen molar-refractivity contribution in [3.05, 3.63) is 40.5 Å². The lowest BCUT2D eigenvalue weighted by atomic mass is 10.1. The number of benzene rings is 1. The summed E-state index contributed by atoms with van der Waals surface area (Å²) in [6, 6.07) is 9.33. The van der Waals surface area contributed by atoms with Gasteiger partial charge in [-0.25, -0.2) is 0 Å². The molecule has 0 unspecified atom stereocenters. The van der Waals surface area contributed by atoms with Crippen LogP contribution in [-0.4, -0.2) is 48.6 Å². The van der Waals surface area contributed by atoms with E-state index in [0.29, 0.717) is 18.9 Å². The van der Waals surface area contributed by atoms with Crippen molar-refractivity contribution in [3.63, 3.8) is 0 Å². The topological polar surface area (TPSA) is 76.2 Å². The van der Waals surface area contributed by atoms with E-state index in [9.17, 15) is 4.79 Å². The molecular formula is C15H16BrN3O3. The second-order valence-electron chi connectivity index (χ2n) is 5.07. The summed E-state index contributed by atoms with van der Waals surface area (Å²) in [6.45, 7) is 0.951. The molecule has 0 radical (unpaired) electrons. The fourth-order valence-corrected chi connectivity index (χ4v) is 2.62. The molecule has 2 N–H and O–H groups in total. The van der Waals surface area contributed by atoms with E-state index in [4.69, 9.17) is 9.47 Å². The Kier molecular flexibility index (Phi) is 4.56. The summed E-state index contributed by atoms with van der Waals surface area (Å²) in [5.74, 6) is -0.214. The maximum absolute atomic E-state index is 12.3. The zero-order valence-corrected chi connectivity index (χ0v) is 13.6. The van der Waals surface area contributed by atoms with E-state index in [2.05, 4.69) is 31.4 Å². The van der Waals surface area contributed by atoms with Gasteiger partial charge in [0.25, 0.3) is 5.91 Å². The van der Waals surface area contributed by atoms with Crippen LogP contribution in [0.1, 0.15) is 10.5 Å². The van der Waals surface area contributed by atoms with Crippen molar-refractivity contribution in [2.75, 3.05) is 20.3 Å². The fourth-order valence-electron chi connectivity index (χ4n) is 2.35. The van der Waals surface area contributed by atoms with E-state index < -0.39 is 0 Å². The quantitative estimate of drug-likeness (QED) is 0.868. The maximum Gasteiger partial charge on any atom is 0.269 e. The second-order valence-corrected chi connectivity index (χ2v) is 5.98. The number of carbonyl (C=O) groups is 1. The minimum Gasteiger partial charge on any atom is -0.377 e. The number of methoxy groups -OCH3 is 1. The third-order valence-electron chi connectivity index (χ3n) is 3.61. The first kappa shape index (κ1) is 15.2. The number of amides is 1. The number of hydrogen-bond acceptors (Lipinski definition) is 4. The van der Waals surface area contributed by atoms with Gasteiger partial charge in [-0.3, -0.25) is 9.89 Å². The molecule has 1 aromatic carbocycles. The number of halogens is 1. The molecular weight excluding hydrogens is 350 g/mol. The molecule has 0 aliphatic carbocycles. The first-order valence-corrected chi connectivity index (χ1v) is 7.69. The maximum atomic E-state index is 12.3.